The van der Waals surface area contributed by atoms with Gasteiger partial charge in [0.25, 0.3) is 5.91 Å². The molecular weight excluding hydrogens is 456 g/mol. The van der Waals surface area contributed by atoms with Gasteiger partial charge in [0.1, 0.15) is 6.54 Å². The van der Waals surface area contributed by atoms with E-state index in [0.717, 1.165) is 33.4 Å². The molecule has 3 aromatic carbocycles. The number of fused-ring (bicyclic) bond motifs is 1. The van der Waals surface area contributed by atoms with Gasteiger partial charge in [-0.25, -0.2) is 4.99 Å². The number of nitrogens with one attached hydrogen (secondary N) is 2. The third-order valence-electron chi connectivity index (χ3n) is 5.70. The minimum absolute atomic E-state index is 0.118. The molecule has 174 valence electrons. The second-order valence-electron chi connectivity index (χ2n) is 8.42. The van der Waals surface area contributed by atoms with Crippen LogP contribution in [0.4, 0.5) is 11.4 Å². The van der Waals surface area contributed by atoms with Gasteiger partial charge >= 0.3 is 0 Å². The number of aromatic nitrogens is 1. The maximum Gasteiger partial charge on any atom is 0.264 e. The van der Waals surface area contributed by atoms with E-state index in [9.17, 15) is 9.59 Å². The number of benzene rings is 3. The van der Waals surface area contributed by atoms with Crippen molar-refractivity contribution < 1.29 is 9.59 Å². The monoisotopic (exact) mass is 480 g/mol. The molecule has 1 aliphatic rings. The van der Waals surface area contributed by atoms with Gasteiger partial charge in [0.2, 0.25) is 5.91 Å². The van der Waals surface area contributed by atoms with E-state index >= 15 is 0 Å². The van der Waals surface area contributed by atoms with Crippen molar-refractivity contribution >= 4 is 57.1 Å². The molecule has 0 spiro atoms. The molecule has 0 bridgehead atoms. The highest BCUT2D eigenvalue weighted by Crippen LogP contribution is 2.32. The molecule has 1 aliphatic heterocycles. The van der Waals surface area contributed by atoms with Crippen LogP contribution >= 0.6 is 11.8 Å². The Morgan fingerprint density at radius 1 is 1.06 bits per heavy atom. The summed E-state index contributed by atoms with van der Waals surface area (Å²) >= 11 is 1.32. The zero-order chi connectivity index (χ0) is 24.4. The number of carbonyl (C=O) groups is 2. The molecule has 4 aromatic rings. The Kier molecular flexibility index (Phi) is 6.25. The largest absolute Gasteiger partial charge is 0.337 e. The highest BCUT2D eigenvalue weighted by atomic mass is 32.2. The number of amides is 2. The van der Waals surface area contributed by atoms with Gasteiger partial charge in [0.05, 0.1) is 10.6 Å². The minimum atomic E-state index is -0.183. The van der Waals surface area contributed by atoms with E-state index in [-0.39, 0.29) is 18.4 Å². The number of amidine groups is 1. The van der Waals surface area contributed by atoms with Crippen LogP contribution in [0.25, 0.3) is 17.0 Å². The molecular formula is C28H24N4O2S. The number of thioether (sulfide) groups is 1. The average Bonchev–Trinajstić information content (AvgIpc) is 3.36. The van der Waals surface area contributed by atoms with Crippen molar-refractivity contribution in [1.29, 1.82) is 0 Å². The minimum Gasteiger partial charge on any atom is -0.337 e. The van der Waals surface area contributed by atoms with Crippen molar-refractivity contribution in [2.24, 2.45) is 4.99 Å². The summed E-state index contributed by atoms with van der Waals surface area (Å²) in [4.78, 5) is 30.6. The van der Waals surface area contributed by atoms with Crippen molar-refractivity contribution in [3.63, 3.8) is 0 Å². The lowest BCUT2D eigenvalue weighted by atomic mass is 10.1. The number of hydrogen-bond donors (Lipinski definition) is 2. The SMILES string of the molecule is Cc1ccc(N=C2NC(=O)/C(=C\c3cn(CC(=O)Nc4ccccc4)c4ccccc34)S2)c(C)c1. The smallest absolute Gasteiger partial charge is 0.264 e. The summed E-state index contributed by atoms with van der Waals surface area (Å²) in [6, 6.07) is 23.3. The van der Waals surface area contributed by atoms with Gasteiger partial charge in [-0.3, -0.25) is 9.59 Å². The Morgan fingerprint density at radius 3 is 2.63 bits per heavy atom. The molecule has 2 N–H and O–H groups in total. The Bertz CT molecular complexity index is 1500. The van der Waals surface area contributed by atoms with E-state index in [1.54, 1.807) is 0 Å². The van der Waals surface area contributed by atoms with E-state index in [2.05, 4.69) is 21.7 Å². The highest BCUT2D eigenvalue weighted by molar-refractivity contribution is 8.18. The second kappa shape index (κ2) is 9.64. The standard InChI is InChI=1S/C28H24N4O2S/c1-18-12-13-23(19(2)14-18)30-28-31-27(34)25(35-28)15-20-16-32(24-11-7-6-10-22(20)24)17-26(33)29-21-8-4-3-5-9-21/h3-16H,17H2,1-2H3,(H,29,33)(H,30,31,34)/b25-15+. The van der Waals surface area contributed by atoms with Gasteiger partial charge in [-0.1, -0.05) is 54.1 Å². The molecule has 1 aromatic heterocycles. The Hall–Kier alpha value is -4.10. The van der Waals surface area contributed by atoms with Gasteiger partial charge < -0.3 is 15.2 Å². The molecule has 1 fully saturated rings. The number of rotatable bonds is 5. The molecule has 0 radical (unpaired) electrons. The van der Waals surface area contributed by atoms with Gasteiger partial charge in [-0.05, 0) is 61.5 Å². The third-order valence-corrected chi connectivity index (χ3v) is 6.61. The topological polar surface area (TPSA) is 75.5 Å². The number of aliphatic imine (C=N–C) groups is 1. The van der Waals surface area contributed by atoms with Crippen LogP contribution in [0.3, 0.4) is 0 Å². The Balaban J connectivity index is 1.41. The predicted octanol–water partition coefficient (Wildman–Crippen LogP) is 5.79. The van der Waals surface area contributed by atoms with Crippen LogP contribution in [-0.4, -0.2) is 21.5 Å². The fourth-order valence-corrected chi connectivity index (χ4v) is 4.89. The zero-order valence-electron chi connectivity index (χ0n) is 19.4. The van der Waals surface area contributed by atoms with Crippen molar-refractivity contribution in [2.45, 2.75) is 20.4 Å². The van der Waals surface area contributed by atoms with Crippen molar-refractivity contribution in [3.05, 3.63) is 101 Å². The number of carbonyl (C=O) groups excluding carboxylic acids is 2. The summed E-state index contributed by atoms with van der Waals surface area (Å²) in [6.45, 7) is 4.21. The van der Waals surface area contributed by atoms with E-state index < -0.39 is 0 Å². The number of aryl methyl sites for hydroxylation is 2. The summed E-state index contributed by atoms with van der Waals surface area (Å²) in [5.41, 5.74) is 5.62. The van der Waals surface area contributed by atoms with E-state index in [1.807, 2.05) is 97.4 Å². The van der Waals surface area contributed by atoms with Crippen LogP contribution in [0.15, 0.2) is 88.9 Å². The molecule has 0 atom stereocenters. The lowest BCUT2D eigenvalue weighted by molar-refractivity contribution is -0.117. The molecule has 0 unspecified atom stereocenters. The maximum absolute atomic E-state index is 12.7. The van der Waals surface area contributed by atoms with E-state index in [1.165, 1.54) is 17.3 Å². The number of para-hydroxylation sites is 2. The van der Waals surface area contributed by atoms with Crippen LogP contribution in [0.5, 0.6) is 0 Å². The number of nitrogens with zero attached hydrogens (tertiary/aromatic N) is 2. The van der Waals surface area contributed by atoms with E-state index in [0.29, 0.717) is 10.1 Å². The fourth-order valence-electron chi connectivity index (χ4n) is 4.06. The van der Waals surface area contributed by atoms with E-state index in [4.69, 9.17) is 0 Å². The predicted molar refractivity (Wildman–Crippen MR) is 144 cm³/mol. The summed E-state index contributed by atoms with van der Waals surface area (Å²) in [6.07, 6.45) is 3.77. The molecule has 2 heterocycles. The lowest BCUT2D eigenvalue weighted by Gasteiger charge is -2.07. The molecule has 0 saturated carbocycles. The number of anilines is 1. The maximum atomic E-state index is 12.7. The fraction of sp³-hybridized carbons (Fsp3) is 0.107. The average molecular weight is 481 g/mol. The summed E-state index contributed by atoms with van der Waals surface area (Å²) in [7, 11) is 0. The van der Waals surface area contributed by atoms with Gasteiger partial charge in [-0.15, -0.1) is 0 Å². The first kappa shape index (κ1) is 22.7. The number of hydrogen-bond acceptors (Lipinski definition) is 4. The van der Waals surface area contributed by atoms with Crippen LogP contribution in [0.2, 0.25) is 0 Å². The van der Waals surface area contributed by atoms with Gasteiger partial charge in [0, 0.05) is 28.4 Å². The Labute approximate surface area is 207 Å². The summed E-state index contributed by atoms with van der Waals surface area (Å²) < 4.78 is 1.90. The van der Waals surface area contributed by atoms with Crippen molar-refractivity contribution in [3.8, 4) is 0 Å². The summed E-state index contributed by atoms with van der Waals surface area (Å²) in [5.74, 6) is -0.302. The van der Waals surface area contributed by atoms with Crippen LogP contribution < -0.4 is 10.6 Å². The van der Waals surface area contributed by atoms with Gasteiger partial charge in [0.15, 0.2) is 5.17 Å². The van der Waals surface area contributed by atoms with Crippen LogP contribution in [0.1, 0.15) is 16.7 Å². The molecule has 7 heteroatoms. The normalized spacial score (nSPS) is 15.7. The van der Waals surface area contributed by atoms with Gasteiger partial charge in [-0.2, -0.15) is 0 Å². The molecule has 0 aliphatic carbocycles. The zero-order valence-corrected chi connectivity index (χ0v) is 20.2. The first-order valence-corrected chi connectivity index (χ1v) is 12.1. The Morgan fingerprint density at radius 2 is 1.83 bits per heavy atom. The van der Waals surface area contributed by atoms with Crippen LogP contribution in [-0.2, 0) is 16.1 Å². The van der Waals surface area contributed by atoms with Crippen molar-refractivity contribution in [2.75, 3.05) is 5.32 Å². The van der Waals surface area contributed by atoms with Crippen LogP contribution in [0, 0.1) is 13.8 Å². The highest BCUT2D eigenvalue weighted by Gasteiger charge is 2.24. The molecule has 6 nitrogen and oxygen atoms in total. The lowest BCUT2D eigenvalue weighted by Crippen LogP contribution is -2.19. The first-order valence-electron chi connectivity index (χ1n) is 11.3. The van der Waals surface area contributed by atoms with Crippen molar-refractivity contribution in [1.82, 2.24) is 9.88 Å². The summed E-state index contributed by atoms with van der Waals surface area (Å²) in [5, 5.41) is 7.31. The molecule has 2 amide bonds. The second-order valence-corrected chi connectivity index (χ2v) is 9.45. The quantitative estimate of drug-likeness (QED) is 0.355. The first-order chi connectivity index (χ1) is 17.0. The molecule has 1 saturated heterocycles. The molecule has 5 rings (SSSR count). The third kappa shape index (κ3) is 5.05. The molecule has 35 heavy (non-hydrogen) atoms.